The van der Waals surface area contributed by atoms with Crippen molar-refractivity contribution in [3.63, 3.8) is 0 Å². The van der Waals surface area contributed by atoms with Gasteiger partial charge in [-0.3, -0.25) is 0 Å². The first-order chi connectivity index (χ1) is 38.2. The minimum absolute atomic E-state index is 0.356. The summed E-state index contributed by atoms with van der Waals surface area (Å²) in [6, 6.07) is 102. The van der Waals surface area contributed by atoms with Gasteiger partial charge in [0.1, 0.15) is 0 Å². The van der Waals surface area contributed by atoms with Crippen LogP contribution in [0.25, 0.3) is 45.6 Å². The van der Waals surface area contributed by atoms with E-state index in [1.165, 1.54) is 101 Å². The fourth-order valence-electron chi connectivity index (χ4n) is 12.0. The second-order valence-electron chi connectivity index (χ2n) is 21.8. The molecule has 0 unspecified atom stereocenters. The van der Waals surface area contributed by atoms with E-state index in [9.17, 15) is 0 Å². The smallest absolute Gasteiger partial charge is 0.0507 e. The van der Waals surface area contributed by atoms with E-state index < -0.39 is 0 Å². The summed E-state index contributed by atoms with van der Waals surface area (Å²) in [4.78, 5) is 5.02. The number of fused-ring (bicyclic) bond motifs is 4. The van der Waals surface area contributed by atoms with Crippen LogP contribution >= 0.6 is 0 Å². The molecule has 374 valence electrons. The second-order valence-corrected chi connectivity index (χ2v) is 21.8. The Morgan fingerprint density at radius 3 is 0.846 bits per heavy atom. The molecule has 2 nitrogen and oxygen atoms in total. The molecule has 13 rings (SSSR count). The third-order valence-corrected chi connectivity index (χ3v) is 16.2. The number of anilines is 6. The molecule has 2 heterocycles. The first-order valence-corrected chi connectivity index (χ1v) is 27.2. The van der Waals surface area contributed by atoms with Gasteiger partial charge in [0.05, 0.1) is 22.7 Å². The van der Waals surface area contributed by atoms with Crippen LogP contribution < -0.4 is 9.80 Å². The van der Waals surface area contributed by atoms with Gasteiger partial charge in [-0.25, -0.2) is 0 Å². The zero-order valence-electron chi connectivity index (χ0n) is 44.6. The molecule has 0 bridgehead atoms. The zero-order chi connectivity index (χ0) is 52.8. The number of hydrogen-bond acceptors (Lipinski definition) is 2. The van der Waals surface area contributed by atoms with E-state index in [-0.39, 0.29) is 10.8 Å². The largest absolute Gasteiger partial charge is 0.310 e. The van der Waals surface area contributed by atoms with Gasteiger partial charge in [0.2, 0.25) is 0 Å². The van der Waals surface area contributed by atoms with Crippen molar-refractivity contribution in [3.8, 4) is 22.3 Å². The summed E-state index contributed by atoms with van der Waals surface area (Å²) in [5, 5.41) is 0. The Morgan fingerprint density at radius 1 is 0.269 bits per heavy atom. The zero-order valence-corrected chi connectivity index (χ0v) is 44.6. The Morgan fingerprint density at radius 2 is 0.538 bits per heavy atom. The van der Waals surface area contributed by atoms with E-state index in [1.54, 1.807) is 0 Å². The number of hydrogen-bond donors (Lipinski definition) is 0. The average Bonchev–Trinajstić information content (AvgIpc) is 3.53. The minimum atomic E-state index is -0.356. The van der Waals surface area contributed by atoms with E-state index in [2.05, 4.69) is 329 Å². The fraction of sp³-hybridized carbons (Fsp3) is 0.0789. The molecule has 0 saturated heterocycles. The standard InChI is InChI=1S/C76H60N2/c1-75(2)67-49-61(55-39-35-53(36-40-55)47-65(57-23-11-5-12-24-57)58-25-13-6-14-26-58)43-45-71(67)77(63-31-19-9-20-32-63)73-52-70-74(51-69(73)75)78(64-33-21-10-22-34-64)72-46-44-62(50-68(72)76(70,3)4)56-41-37-54(38-42-56)48-66(59-27-15-7-16-28-59)60-29-17-8-18-30-60/h5-52H,1-4H3. The van der Waals surface area contributed by atoms with Crippen LogP contribution in [0.5, 0.6) is 0 Å². The van der Waals surface area contributed by atoms with Crippen LogP contribution in [-0.4, -0.2) is 0 Å². The molecule has 2 aliphatic heterocycles. The van der Waals surface area contributed by atoms with Gasteiger partial charge in [-0.15, -0.1) is 0 Å². The van der Waals surface area contributed by atoms with E-state index >= 15 is 0 Å². The first kappa shape index (κ1) is 48.2. The lowest BCUT2D eigenvalue weighted by Gasteiger charge is -2.47. The average molecular weight is 1000 g/mol. The Labute approximate surface area is 460 Å². The van der Waals surface area contributed by atoms with Gasteiger partial charge in [-0.1, -0.05) is 246 Å². The Bertz CT molecular complexity index is 3660. The van der Waals surface area contributed by atoms with Crippen LogP contribution in [0.1, 0.15) is 83.3 Å². The van der Waals surface area contributed by atoms with Crippen molar-refractivity contribution < 1.29 is 0 Å². The van der Waals surface area contributed by atoms with Crippen molar-refractivity contribution in [3.05, 3.63) is 335 Å². The third kappa shape index (κ3) is 8.76. The molecule has 0 aliphatic carbocycles. The van der Waals surface area contributed by atoms with Crippen LogP contribution in [-0.2, 0) is 10.8 Å². The third-order valence-electron chi connectivity index (χ3n) is 16.2. The maximum atomic E-state index is 2.52. The number of benzene rings is 11. The molecular weight excluding hydrogens is 941 g/mol. The highest BCUT2D eigenvalue weighted by Gasteiger charge is 2.43. The van der Waals surface area contributed by atoms with Crippen molar-refractivity contribution >= 4 is 57.4 Å². The summed E-state index contributed by atoms with van der Waals surface area (Å²) in [6.45, 7) is 9.66. The molecular formula is C76H60N2. The van der Waals surface area contributed by atoms with E-state index in [1.807, 2.05) is 0 Å². The molecule has 78 heavy (non-hydrogen) atoms. The van der Waals surface area contributed by atoms with Crippen molar-refractivity contribution in [2.24, 2.45) is 0 Å². The summed E-state index contributed by atoms with van der Waals surface area (Å²) in [7, 11) is 0. The lowest BCUT2D eigenvalue weighted by atomic mass is 9.68. The van der Waals surface area contributed by atoms with Crippen LogP contribution in [0.15, 0.2) is 279 Å². The number of para-hydroxylation sites is 2. The summed E-state index contributed by atoms with van der Waals surface area (Å²) in [5.41, 5.74) is 25.9. The van der Waals surface area contributed by atoms with Crippen molar-refractivity contribution in [1.82, 2.24) is 0 Å². The lowest BCUT2D eigenvalue weighted by molar-refractivity contribution is 0.615. The summed E-state index contributed by atoms with van der Waals surface area (Å²) in [6.07, 6.45) is 4.62. The topological polar surface area (TPSA) is 6.48 Å². The van der Waals surface area contributed by atoms with Gasteiger partial charge in [0, 0.05) is 22.2 Å². The van der Waals surface area contributed by atoms with Gasteiger partial charge in [-0.2, -0.15) is 0 Å². The molecule has 0 amide bonds. The van der Waals surface area contributed by atoms with Gasteiger partial charge in [0.15, 0.2) is 0 Å². The monoisotopic (exact) mass is 1000 g/mol. The predicted octanol–water partition coefficient (Wildman–Crippen LogP) is 20.4. The van der Waals surface area contributed by atoms with E-state index in [0.717, 1.165) is 22.5 Å². The van der Waals surface area contributed by atoms with E-state index in [4.69, 9.17) is 0 Å². The van der Waals surface area contributed by atoms with Crippen molar-refractivity contribution in [2.75, 3.05) is 9.80 Å². The quantitative estimate of drug-likeness (QED) is 0.126. The summed E-state index contributed by atoms with van der Waals surface area (Å²) < 4.78 is 0. The molecule has 2 heteroatoms. The Kier molecular flexibility index (Phi) is 12.3. The summed E-state index contributed by atoms with van der Waals surface area (Å²) >= 11 is 0. The maximum Gasteiger partial charge on any atom is 0.0507 e. The Balaban J connectivity index is 0.897. The Hall–Kier alpha value is -9.50. The normalized spacial score (nSPS) is 13.5. The van der Waals surface area contributed by atoms with E-state index in [0.29, 0.717) is 0 Å². The second kappa shape index (κ2) is 19.9. The SMILES string of the molecule is CC1(C)c2cc(-c3ccc(C=C(c4ccccc4)c4ccccc4)cc3)ccc2N(c2ccccc2)c2cc3c(cc21)N(c1ccccc1)c1ccc(-c2ccc(C=C(c4ccccc4)c4ccccc4)cc2)cc1C3(C)C. The van der Waals surface area contributed by atoms with Gasteiger partial charge in [-0.05, 0) is 162 Å². The maximum absolute atomic E-state index is 2.52. The van der Waals surface area contributed by atoms with Gasteiger partial charge < -0.3 is 9.80 Å². The number of nitrogens with zero attached hydrogens (tertiary/aromatic N) is 2. The van der Waals surface area contributed by atoms with Crippen LogP contribution in [0, 0.1) is 0 Å². The van der Waals surface area contributed by atoms with Gasteiger partial charge in [0.25, 0.3) is 0 Å². The highest BCUT2D eigenvalue weighted by atomic mass is 15.2. The highest BCUT2D eigenvalue weighted by molar-refractivity contribution is 5.96. The molecule has 0 spiro atoms. The van der Waals surface area contributed by atoms with Crippen molar-refractivity contribution in [1.29, 1.82) is 0 Å². The molecule has 0 saturated carbocycles. The lowest BCUT2D eigenvalue weighted by Crippen LogP contribution is -2.35. The van der Waals surface area contributed by atoms with Crippen LogP contribution in [0.4, 0.5) is 34.1 Å². The number of rotatable bonds is 10. The van der Waals surface area contributed by atoms with Gasteiger partial charge >= 0.3 is 0 Å². The molecule has 0 aromatic heterocycles. The molecule has 0 radical (unpaired) electrons. The fourth-order valence-corrected chi connectivity index (χ4v) is 12.0. The first-order valence-electron chi connectivity index (χ1n) is 27.2. The molecule has 2 aliphatic rings. The van der Waals surface area contributed by atoms with Crippen LogP contribution in [0.3, 0.4) is 0 Å². The molecule has 11 aromatic carbocycles. The molecule has 0 fully saturated rings. The molecule has 0 atom stereocenters. The molecule has 0 N–H and O–H groups in total. The minimum Gasteiger partial charge on any atom is -0.310 e. The van der Waals surface area contributed by atoms with Crippen LogP contribution in [0.2, 0.25) is 0 Å². The van der Waals surface area contributed by atoms with Crippen molar-refractivity contribution in [2.45, 2.75) is 38.5 Å². The molecule has 11 aromatic rings. The highest BCUT2D eigenvalue weighted by Crippen LogP contribution is 2.59. The summed E-state index contributed by atoms with van der Waals surface area (Å²) in [5.74, 6) is 0. The predicted molar refractivity (Wildman–Crippen MR) is 331 cm³/mol.